The van der Waals surface area contributed by atoms with Crippen molar-refractivity contribution < 1.29 is 40.9 Å². The predicted molar refractivity (Wildman–Crippen MR) is 93.3 cm³/mol. The van der Waals surface area contributed by atoms with Crippen LogP contribution >= 0.6 is 0 Å². The first-order valence-electron chi connectivity index (χ1n) is 8.06. The van der Waals surface area contributed by atoms with Gasteiger partial charge in [0.2, 0.25) is 0 Å². The molecule has 0 aliphatic carbocycles. The summed E-state index contributed by atoms with van der Waals surface area (Å²) >= 11 is 0. The molecule has 0 aromatic heterocycles. The molecule has 25 heavy (non-hydrogen) atoms. The number of carbonyl (C=O) groups is 1. The van der Waals surface area contributed by atoms with Crippen LogP contribution in [0.25, 0.3) is 0 Å². The van der Waals surface area contributed by atoms with Crippen LogP contribution in [-0.4, -0.2) is 91.0 Å². The third-order valence-electron chi connectivity index (χ3n) is 3.75. The summed E-state index contributed by atoms with van der Waals surface area (Å²) in [6.45, 7) is 0.797. The van der Waals surface area contributed by atoms with Crippen LogP contribution in [0.5, 0.6) is 0 Å². The molecule has 0 aromatic rings. The van der Waals surface area contributed by atoms with Crippen LogP contribution < -0.4 is 5.11 Å². The number of carbonyl (C=O) groups excluding carboxylic acids is 1. The maximum absolute atomic E-state index is 10.7. The summed E-state index contributed by atoms with van der Waals surface area (Å²) in [5.74, 6) is -1.19. The molecule has 11 heteroatoms. The maximum Gasteiger partial charge on any atom is 0.502 e. The Bertz CT molecular complexity index is 384. The zero-order valence-electron chi connectivity index (χ0n) is 16.5. The van der Waals surface area contributed by atoms with E-state index in [4.69, 9.17) is 26.6 Å². The Morgan fingerprint density at radius 3 is 1.68 bits per heavy atom. The lowest BCUT2D eigenvalue weighted by molar-refractivity contribution is -0.870. The molecule has 0 aromatic carbocycles. The molecule has 0 radical (unpaired) electrons. The van der Waals surface area contributed by atoms with E-state index >= 15 is 0 Å². The average molecular weight is 400 g/mol. The Morgan fingerprint density at radius 2 is 1.32 bits per heavy atom. The fourth-order valence-electron chi connectivity index (χ4n) is 2.19. The van der Waals surface area contributed by atoms with Gasteiger partial charge in [-0.1, -0.05) is 0 Å². The lowest BCUT2D eigenvalue weighted by Gasteiger charge is -2.31. The number of quaternary nitrogens is 1. The molecular formula is C14H33NO8Si2. The van der Waals surface area contributed by atoms with Crippen LogP contribution in [-0.2, 0) is 31.4 Å². The van der Waals surface area contributed by atoms with E-state index in [9.17, 15) is 9.90 Å². The Balaban J connectivity index is 4.68. The quantitative estimate of drug-likeness (QED) is 0.210. The first-order chi connectivity index (χ1) is 11.6. The van der Waals surface area contributed by atoms with Gasteiger partial charge >= 0.3 is 17.6 Å². The van der Waals surface area contributed by atoms with E-state index in [-0.39, 0.29) is 19.3 Å². The first-order valence-corrected chi connectivity index (χ1v) is 11.9. The Labute approximate surface area is 153 Å². The van der Waals surface area contributed by atoms with Gasteiger partial charge in [0.15, 0.2) is 0 Å². The number of carboxylic acids is 1. The molecule has 0 fully saturated rings. The Morgan fingerprint density at radius 1 is 0.880 bits per heavy atom. The minimum absolute atomic E-state index is 0.0989. The van der Waals surface area contributed by atoms with Crippen LogP contribution in [0, 0.1) is 0 Å². The molecule has 0 aliphatic heterocycles. The van der Waals surface area contributed by atoms with E-state index in [1.54, 1.807) is 14.2 Å². The third-order valence-corrected chi connectivity index (χ3v) is 9.18. The van der Waals surface area contributed by atoms with E-state index < -0.39 is 23.6 Å². The van der Waals surface area contributed by atoms with Crippen molar-refractivity contribution in [2.24, 2.45) is 0 Å². The minimum Gasteiger partial charge on any atom is -0.550 e. The summed E-state index contributed by atoms with van der Waals surface area (Å²) in [6.07, 6.45) is 0.660. The molecule has 0 bridgehead atoms. The zero-order valence-corrected chi connectivity index (χ0v) is 18.5. The van der Waals surface area contributed by atoms with Crippen molar-refractivity contribution in [3.8, 4) is 0 Å². The number of hydrogen-bond acceptors (Lipinski definition) is 8. The van der Waals surface area contributed by atoms with E-state index in [1.165, 1.54) is 14.2 Å². The summed E-state index contributed by atoms with van der Waals surface area (Å²) in [5.41, 5.74) is 0. The minimum atomic E-state index is -3.13. The van der Waals surface area contributed by atoms with E-state index in [1.807, 2.05) is 0 Å². The Hall–Kier alpha value is -0.376. The SMILES string of the molecule is CO[Si](CCC[N+](C)(C)C)(OC)OCO[Si](CCC(=O)[O-])(OC)OC. The van der Waals surface area contributed by atoms with Gasteiger partial charge in [-0.2, -0.15) is 0 Å². The van der Waals surface area contributed by atoms with Crippen molar-refractivity contribution in [3.63, 3.8) is 0 Å². The van der Waals surface area contributed by atoms with E-state index in [0.29, 0.717) is 6.04 Å². The topological polar surface area (TPSA) is 95.5 Å². The second-order valence-corrected chi connectivity index (χ2v) is 12.5. The highest BCUT2D eigenvalue weighted by molar-refractivity contribution is 6.61. The molecule has 0 N–H and O–H groups in total. The number of aliphatic carboxylic acids is 1. The van der Waals surface area contributed by atoms with E-state index in [2.05, 4.69) is 21.1 Å². The summed E-state index contributed by atoms with van der Waals surface area (Å²) in [7, 11) is 6.28. The molecule has 0 atom stereocenters. The van der Waals surface area contributed by atoms with Gasteiger partial charge in [0.25, 0.3) is 0 Å². The lowest BCUT2D eigenvalue weighted by Crippen LogP contribution is -2.49. The monoisotopic (exact) mass is 399 g/mol. The summed E-state index contributed by atoms with van der Waals surface area (Å²) in [4.78, 5) is 10.7. The lowest BCUT2D eigenvalue weighted by atomic mass is 10.4. The van der Waals surface area contributed by atoms with Crippen molar-refractivity contribution in [1.82, 2.24) is 0 Å². The molecule has 9 nitrogen and oxygen atoms in total. The smallest absolute Gasteiger partial charge is 0.502 e. The molecule has 0 saturated heterocycles. The second kappa shape index (κ2) is 11.4. The van der Waals surface area contributed by atoms with Crippen LogP contribution in [0.1, 0.15) is 12.8 Å². The van der Waals surface area contributed by atoms with Crippen LogP contribution in [0.4, 0.5) is 0 Å². The number of rotatable bonds is 15. The number of nitrogens with zero attached hydrogens (tertiary/aromatic N) is 1. The standard InChI is InChI=1S/C14H33NO8Si2/c1-15(2,3)10-8-11-24(18-4,19-5)22-13-23-25(20-6,21-7)12-9-14(16)17/h8-13H2,1-7H3. The normalized spacial score (nSPS) is 13.2. The third kappa shape index (κ3) is 9.77. The summed E-state index contributed by atoms with van der Waals surface area (Å²) in [5, 5.41) is 10.7. The molecule has 0 amide bonds. The molecule has 0 spiro atoms. The van der Waals surface area contributed by atoms with Crippen molar-refractivity contribution in [1.29, 1.82) is 0 Å². The first kappa shape index (κ1) is 24.6. The summed E-state index contributed by atoms with van der Waals surface area (Å²) in [6, 6.07) is 0.744. The van der Waals surface area contributed by atoms with Crippen molar-refractivity contribution >= 4 is 23.6 Å². The fraction of sp³-hybridized carbons (Fsp3) is 0.929. The van der Waals surface area contributed by atoms with Crippen LogP contribution in [0.15, 0.2) is 0 Å². The highest BCUT2D eigenvalue weighted by Gasteiger charge is 2.43. The van der Waals surface area contributed by atoms with Crippen molar-refractivity contribution in [2.75, 3.05) is 62.9 Å². The molecule has 0 saturated carbocycles. The maximum atomic E-state index is 10.7. The van der Waals surface area contributed by atoms with Gasteiger partial charge in [-0.15, -0.1) is 0 Å². The fourth-order valence-corrected chi connectivity index (χ4v) is 5.80. The molecule has 0 heterocycles. The molecular weight excluding hydrogens is 366 g/mol. The number of hydrogen-bond donors (Lipinski definition) is 0. The summed E-state index contributed by atoms with van der Waals surface area (Å²) < 4.78 is 33.9. The van der Waals surface area contributed by atoms with Gasteiger partial charge < -0.3 is 40.9 Å². The highest BCUT2D eigenvalue weighted by Crippen LogP contribution is 2.20. The van der Waals surface area contributed by atoms with Crippen LogP contribution in [0.2, 0.25) is 12.1 Å². The van der Waals surface area contributed by atoms with E-state index in [0.717, 1.165) is 17.4 Å². The van der Waals surface area contributed by atoms with Gasteiger partial charge in [0.1, 0.15) is 6.79 Å². The Kier molecular flexibility index (Phi) is 11.2. The molecule has 150 valence electrons. The van der Waals surface area contributed by atoms with Gasteiger partial charge in [0, 0.05) is 52.9 Å². The molecule has 0 aliphatic rings. The van der Waals surface area contributed by atoms with Gasteiger partial charge in [0.05, 0.1) is 27.7 Å². The van der Waals surface area contributed by atoms with Crippen molar-refractivity contribution in [2.45, 2.75) is 24.9 Å². The van der Waals surface area contributed by atoms with Gasteiger partial charge in [-0.05, 0) is 6.42 Å². The van der Waals surface area contributed by atoms with Crippen molar-refractivity contribution in [3.05, 3.63) is 0 Å². The highest BCUT2D eigenvalue weighted by atomic mass is 28.4. The molecule has 0 unspecified atom stereocenters. The predicted octanol–water partition coefficient (Wildman–Crippen LogP) is -0.323. The molecule has 0 rings (SSSR count). The number of carboxylic acid groups (broad SMARTS) is 1. The zero-order chi connectivity index (χ0) is 19.6. The second-order valence-electron chi connectivity index (χ2n) is 6.58. The van der Waals surface area contributed by atoms with Crippen LogP contribution in [0.3, 0.4) is 0 Å². The average Bonchev–Trinajstić information content (AvgIpc) is 2.55. The van der Waals surface area contributed by atoms with Gasteiger partial charge in [-0.3, -0.25) is 0 Å². The van der Waals surface area contributed by atoms with Gasteiger partial charge in [-0.25, -0.2) is 0 Å². The largest absolute Gasteiger partial charge is 0.550 e.